The van der Waals surface area contributed by atoms with Crippen LogP contribution < -0.4 is 0 Å². The smallest absolute Gasteiger partial charge is 0.0695 e. The molecule has 0 aromatic heterocycles. The minimum atomic E-state index is -0.0709. The molecule has 0 bridgehead atoms. The SMILES string of the molecule is CCC1CCC(O)C(N2CCCC(C(C)C)CC2)C1. The largest absolute Gasteiger partial charge is 0.391 e. The lowest BCUT2D eigenvalue weighted by molar-refractivity contribution is 0.00317. The Balaban J connectivity index is 1.92. The Bertz CT molecular complexity index is 266. The number of rotatable bonds is 3. The van der Waals surface area contributed by atoms with E-state index in [1.54, 1.807) is 0 Å². The van der Waals surface area contributed by atoms with E-state index in [2.05, 4.69) is 25.7 Å². The number of hydrogen-bond donors (Lipinski definition) is 1. The second-order valence-corrected chi connectivity index (χ2v) is 7.19. The normalized spacial score (nSPS) is 38.4. The van der Waals surface area contributed by atoms with Crippen molar-refractivity contribution in [3.05, 3.63) is 0 Å². The van der Waals surface area contributed by atoms with E-state index in [-0.39, 0.29) is 6.10 Å². The predicted octanol–water partition coefficient (Wildman–Crippen LogP) is 3.68. The summed E-state index contributed by atoms with van der Waals surface area (Å²) in [6.07, 6.45) is 8.73. The van der Waals surface area contributed by atoms with Gasteiger partial charge in [0.15, 0.2) is 0 Å². The summed E-state index contributed by atoms with van der Waals surface area (Å²) >= 11 is 0. The Kier molecular flexibility index (Phi) is 5.70. The average molecular weight is 267 g/mol. The van der Waals surface area contributed by atoms with Crippen LogP contribution >= 0.6 is 0 Å². The van der Waals surface area contributed by atoms with E-state index in [1.807, 2.05) is 0 Å². The van der Waals surface area contributed by atoms with E-state index in [0.717, 1.165) is 24.2 Å². The topological polar surface area (TPSA) is 23.5 Å². The molecule has 2 aliphatic rings. The van der Waals surface area contributed by atoms with E-state index in [1.165, 1.54) is 51.6 Å². The first-order valence-corrected chi connectivity index (χ1v) is 8.54. The fraction of sp³-hybridized carbons (Fsp3) is 1.00. The van der Waals surface area contributed by atoms with Gasteiger partial charge in [-0.15, -0.1) is 0 Å². The first-order valence-electron chi connectivity index (χ1n) is 8.54. The molecule has 1 heterocycles. The van der Waals surface area contributed by atoms with Gasteiger partial charge in [0.1, 0.15) is 0 Å². The van der Waals surface area contributed by atoms with Gasteiger partial charge in [-0.1, -0.05) is 27.2 Å². The molecule has 0 amide bonds. The van der Waals surface area contributed by atoms with E-state index in [9.17, 15) is 5.11 Å². The van der Waals surface area contributed by atoms with Crippen molar-refractivity contribution in [3.8, 4) is 0 Å². The molecular weight excluding hydrogens is 234 g/mol. The zero-order valence-corrected chi connectivity index (χ0v) is 13.1. The first-order chi connectivity index (χ1) is 9.11. The summed E-state index contributed by atoms with van der Waals surface area (Å²) in [5.41, 5.74) is 0. The van der Waals surface area contributed by atoms with Crippen LogP contribution in [0.5, 0.6) is 0 Å². The predicted molar refractivity (Wildman–Crippen MR) is 81.2 cm³/mol. The number of aliphatic hydroxyl groups excluding tert-OH is 1. The van der Waals surface area contributed by atoms with Crippen LogP contribution in [0.15, 0.2) is 0 Å². The molecule has 1 saturated carbocycles. The molecule has 2 fully saturated rings. The summed E-state index contributed by atoms with van der Waals surface area (Å²) in [4.78, 5) is 2.62. The summed E-state index contributed by atoms with van der Waals surface area (Å²) in [7, 11) is 0. The molecule has 1 aliphatic heterocycles. The van der Waals surface area contributed by atoms with Gasteiger partial charge in [0.25, 0.3) is 0 Å². The van der Waals surface area contributed by atoms with Gasteiger partial charge in [-0.2, -0.15) is 0 Å². The second-order valence-electron chi connectivity index (χ2n) is 7.19. The lowest BCUT2D eigenvalue weighted by atomic mass is 9.81. The molecule has 4 unspecified atom stereocenters. The summed E-state index contributed by atoms with van der Waals surface area (Å²) in [5.74, 6) is 2.56. The van der Waals surface area contributed by atoms with Gasteiger partial charge in [-0.25, -0.2) is 0 Å². The molecule has 112 valence electrons. The van der Waals surface area contributed by atoms with Crippen LogP contribution in [0.25, 0.3) is 0 Å². The van der Waals surface area contributed by atoms with Crippen LogP contribution in [-0.4, -0.2) is 35.2 Å². The van der Waals surface area contributed by atoms with Crippen molar-refractivity contribution in [3.63, 3.8) is 0 Å². The lowest BCUT2D eigenvalue weighted by Gasteiger charge is -2.40. The Hall–Kier alpha value is -0.0800. The molecular formula is C17H33NO. The van der Waals surface area contributed by atoms with E-state index in [0.29, 0.717) is 6.04 Å². The molecule has 2 heteroatoms. The zero-order valence-electron chi connectivity index (χ0n) is 13.1. The summed E-state index contributed by atoms with van der Waals surface area (Å²) in [6, 6.07) is 0.449. The van der Waals surface area contributed by atoms with Crippen molar-refractivity contribution in [2.75, 3.05) is 13.1 Å². The van der Waals surface area contributed by atoms with Gasteiger partial charge < -0.3 is 5.11 Å². The fourth-order valence-corrected chi connectivity index (χ4v) is 4.12. The van der Waals surface area contributed by atoms with Crippen molar-refractivity contribution in [2.45, 2.75) is 77.9 Å². The summed E-state index contributed by atoms with van der Waals surface area (Å²) in [5, 5.41) is 10.4. The van der Waals surface area contributed by atoms with Gasteiger partial charge in [-0.3, -0.25) is 4.90 Å². The molecule has 1 saturated heterocycles. The Labute approximate surface area is 119 Å². The summed E-state index contributed by atoms with van der Waals surface area (Å²) in [6.45, 7) is 9.45. The molecule has 2 nitrogen and oxygen atoms in total. The molecule has 0 aromatic carbocycles. The lowest BCUT2D eigenvalue weighted by Crippen LogP contribution is -2.47. The molecule has 0 radical (unpaired) electrons. The molecule has 19 heavy (non-hydrogen) atoms. The summed E-state index contributed by atoms with van der Waals surface area (Å²) < 4.78 is 0. The minimum absolute atomic E-state index is 0.0709. The third-order valence-electron chi connectivity index (χ3n) is 5.69. The van der Waals surface area contributed by atoms with Crippen LogP contribution in [-0.2, 0) is 0 Å². The van der Waals surface area contributed by atoms with Crippen LogP contribution in [0.4, 0.5) is 0 Å². The average Bonchev–Trinajstić information content (AvgIpc) is 2.65. The highest BCUT2D eigenvalue weighted by Crippen LogP contribution is 2.33. The third-order valence-corrected chi connectivity index (χ3v) is 5.69. The fourth-order valence-electron chi connectivity index (χ4n) is 4.12. The number of hydrogen-bond acceptors (Lipinski definition) is 2. The number of aliphatic hydroxyl groups is 1. The highest BCUT2D eigenvalue weighted by Gasteiger charge is 2.33. The Morgan fingerprint density at radius 2 is 1.89 bits per heavy atom. The van der Waals surface area contributed by atoms with Crippen molar-refractivity contribution < 1.29 is 5.11 Å². The molecule has 1 aliphatic carbocycles. The van der Waals surface area contributed by atoms with Gasteiger partial charge in [0.05, 0.1) is 6.10 Å². The number of nitrogens with zero attached hydrogens (tertiary/aromatic N) is 1. The molecule has 1 N–H and O–H groups in total. The van der Waals surface area contributed by atoms with Crippen molar-refractivity contribution >= 4 is 0 Å². The maximum Gasteiger partial charge on any atom is 0.0695 e. The first kappa shape index (κ1) is 15.3. The second kappa shape index (κ2) is 7.08. The van der Waals surface area contributed by atoms with Crippen molar-refractivity contribution in [1.82, 2.24) is 4.90 Å². The molecule has 4 atom stereocenters. The monoisotopic (exact) mass is 267 g/mol. The van der Waals surface area contributed by atoms with Crippen LogP contribution in [0, 0.1) is 17.8 Å². The van der Waals surface area contributed by atoms with E-state index >= 15 is 0 Å². The maximum absolute atomic E-state index is 10.4. The van der Waals surface area contributed by atoms with Crippen molar-refractivity contribution in [2.24, 2.45) is 17.8 Å². The Morgan fingerprint density at radius 3 is 2.58 bits per heavy atom. The highest BCUT2D eigenvalue weighted by molar-refractivity contribution is 4.88. The van der Waals surface area contributed by atoms with Crippen LogP contribution in [0.2, 0.25) is 0 Å². The molecule has 2 rings (SSSR count). The van der Waals surface area contributed by atoms with Gasteiger partial charge in [0.2, 0.25) is 0 Å². The van der Waals surface area contributed by atoms with Gasteiger partial charge in [0, 0.05) is 6.04 Å². The van der Waals surface area contributed by atoms with Gasteiger partial charge in [-0.05, 0) is 69.4 Å². The minimum Gasteiger partial charge on any atom is -0.391 e. The number of likely N-dealkylation sites (tertiary alicyclic amines) is 1. The van der Waals surface area contributed by atoms with E-state index in [4.69, 9.17) is 0 Å². The molecule has 0 spiro atoms. The molecule has 0 aromatic rings. The standard InChI is InChI=1S/C17H33NO/c1-4-14-7-8-17(19)16(12-14)18-10-5-6-15(9-11-18)13(2)3/h13-17,19H,4-12H2,1-3H3. The third kappa shape index (κ3) is 3.95. The van der Waals surface area contributed by atoms with Gasteiger partial charge >= 0.3 is 0 Å². The maximum atomic E-state index is 10.4. The van der Waals surface area contributed by atoms with Crippen LogP contribution in [0.1, 0.15) is 65.7 Å². The Morgan fingerprint density at radius 1 is 1.11 bits per heavy atom. The van der Waals surface area contributed by atoms with Crippen LogP contribution in [0.3, 0.4) is 0 Å². The zero-order chi connectivity index (χ0) is 13.8. The quantitative estimate of drug-likeness (QED) is 0.843. The highest BCUT2D eigenvalue weighted by atomic mass is 16.3. The van der Waals surface area contributed by atoms with Crippen molar-refractivity contribution in [1.29, 1.82) is 0 Å². The van der Waals surface area contributed by atoms with E-state index < -0.39 is 0 Å².